The summed E-state index contributed by atoms with van der Waals surface area (Å²) in [5.41, 5.74) is -0.627. The molecule has 1 amide bonds. The fraction of sp³-hybridized carbons (Fsp3) is 0.294. The van der Waals surface area contributed by atoms with Crippen LogP contribution in [0.2, 0.25) is 0 Å². The van der Waals surface area contributed by atoms with E-state index in [1.54, 1.807) is 45.0 Å². The molecule has 0 saturated carbocycles. The summed E-state index contributed by atoms with van der Waals surface area (Å²) in [4.78, 5) is 44.7. The number of ether oxygens (including phenoxy) is 1. The maximum atomic E-state index is 12.6. The van der Waals surface area contributed by atoms with Crippen molar-refractivity contribution in [3.05, 3.63) is 46.9 Å². The molecule has 0 saturated heterocycles. The first-order valence-electron chi connectivity index (χ1n) is 7.54. The Morgan fingerprint density at radius 1 is 1.16 bits per heavy atom. The molecule has 1 aromatic carbocycles. The highest BCUT2D eigenvalue weighted by Gasteiger charge is 2.20. The van der Waals surface area contributed by atoms with Gasteiger partial charge in [0, 0.05) is 12.5 Å². The molecule has 132 valence electrons. The Balaban J connectivity index is 2.43. The van der Waals surface area contributed by atoms with Crippen molar-refractivity contribution in [3.63, 3.8) is 0 Å². The summed E-state index contributed by atoms with van der Waals surface area (Å²) in [6.45, 7) is 6.24. The van der Waals surface area contributed by atoms with Gasteiger partial charge in [0.05, 0.1) is 6.20 Å². The van der Waals surface area contributed by atoms with E-state index in [1.165, 1.54) is 13.1 Å². The van der Waals surface area contributed by atoms with Crippen LogP contribution in [0.15, 0.2) is 41.3 Å². The molecular formula is C17H19N3O5. The fourth-order valence-corrected chi connectivity index (χ4v) is 1.94. The minimum Gasteiger partial charge on any atom is -0.444 e. The minimum atomic E-state index is -0.834. The van der Waals surface area contributed by atoms with E-state index in [9.17, 15) is 14.4 Å². The number of anilines is 1. The summed E-state index contributed by atoms with van der Waals surface area (Å²) < 4.78 is 5.88. The van der Waals surface area contributed by atoms with Crippen LogP contribution in [0.1, 0.15) is 27.7 Å². The zero-order valence-electron chi connectivity index (χ0n) is 14.4. The third kappa shape index (κ3) is 4.90. The molecule has 8 heteroatoms. The summed E-state index contributed by atoms with van der Waals surface area (Å²) >= 11 is 0. The smallest absolute Gasteiger partial charge is 0.413 e. The maximum Gasteiger partial charge on any atom is 0.413 e. The van der Waals surface area contributed by atoms with Crippen LogP contribution in [-0.4, -0.2) is 27.4 Å². The number of rotatable bonds is 3. The van der Waals surface area contributed by atoms with Gasteiger partial charge in [0.15, 0.2) is 0 Å². The van der Waals surface area contributed by atoms with Gasteiger partial charge in [0.1, 0.15) is 11.3 Å². The van der Waals surface area contributed by atoms with Gasteiger partial charge in [0.2, 0.25) is 5.82 Å². The molecule has 1 heterocycles. The van der Waals surface area contributed by atoms with Crippen molar-refractivity contribution in [2.75, 3.05) is 5.32 Å². The highest BCUT2D eigenvalue weighted by atomic mass is 16.7. The molecule has 0 atom stereocenters. The van der Waals surface area contributed by atoms with E-state index in [4.69, 9.17) is 9.57 Å². The number of nitrogens with one attached hydrogen (secondary N) is 1. The number of carbonyl (C=O) groups is 2. The second-order valence-corrected chi connectivity index (χ2v) is 6.17. The van der Waals surface area contributed by atoms with E-state index in [0.717, 1.165) is 4.73 Å². The predicted molar refractivity (Wildman–Crippen MR) is 91.1 cm³/mol. The van der Waals surface area contributed by atoms with E-state index in [0.29, 0.717) is 5.56 Å². The van der Waals surface area contributed by atoms with E-state index in [1.807, 2.05) is 6.07 Å². The summed E-state index contributed by atoms with van der Waals surface area (Å²) in [5, 5.41) is 2.26. The molecule has 0 aliphatic carbocycles. The van der Waals surface area contributed by atoms with Gasteiger partial charge in [-0.1, -0.05) is 30.3 Å². The number of carbonyl (C=O) groups excluding carboxylic acids is 2. The molecule has 0 bridgehead atoms. The zero-order valence-corrected chi connectivity index (χ0v) is 14.4. The second kappa shape index (κ2) is 7.16. The number of hydrogen-bond acceptors (Lipinski definition) is 6. The van der Waals surface area contributed by atoms with Crippen LogP contribution in [0.5, 0.6) is 0 Å². The van der Waals surface area contributed by atoms with Crippen molar-refractivity contribution in [1.29, 1.82) is 0 Å². The van der Waals surface area contributed by atoms with Crippen molar-refractivity contribution in [2.24, 2.45) is 0 Å². The molecule has 0 aliphatic heterocycles. The van der Waals surface area contributed by atoms with Gasteiger partial charge in [0.25, 0.3) is 0 Å². The predicted octanol–water partition coefficient (Wildman–Crippen LogP) is 2.23. The summed E-state index contributed by atoms with van der Waals surface area (Å²) in [5.74, 6) is -0.996. The van der Waals surface area contributed by atoms with Crippen LogP contribution in [0.3, 0.4) is 0 Å². The molecular weight excluding hydrogens is 326 g/mol. The highest BCUT2D eigenvalue weighted by molar-refractivity contribution is 5.83. The molecule has 25 heavy (non-hydrogen) atoms. The first-order chi connectivity index (χ1) is 11.7. The Morgan fingerprint density at radius 3 is 2.36 bits per heavy atom. The molecule has 8 nitrogen and oxygen atoms in total. The largest absolute Gasteiger partial charge is 0.444 e. The Kier molecular flexibility index (Phi) is 5.21. The Hall–Kier alpha value is -3.16. The van der Waals surface area contributed by atoms with Crippen molar-refractivity contribution in [1.82, 2.24) is 9.71 Å². The molecule has 0 radical (unpaired) electrons. The quantitative estimate of drug-likeness (QED) is 0.916. The van der Waals surface area contributed by atoms with E-state index < -0.39 is 23.2 Å². The van der Waals surface area contributed by atoms with Crippen LogP contribution in [0.25, 0.3) is 11.3 Å². The zero-order chi connectivity index (χ0) is 18.6. The number of amides is 1. The van der Waals surface area contributed by atoms with Crippen molar-refractivity contribution >= 4 is 17.9 Å². The lowest BCUT2D eigenvalue weighted by atomic mass is 10.2. The minimum absolute atomic E-state index is 0.274. The molecule has 2 rings (SSSR count). The van der Waals surface area contributed by atoms with Gasteiger partial charge in [-0.2, -0.15) is 0 Å². The topological polar surface area (TPSA) is 99.5 Å². The monoisotopic (exact) mass is 345 g/mol. The summed E-state index contributed by atoms with van der Waals surface area (Å²) in [6, 6.07) is 8.81. The number of nitrogens with zero attached hydrogens (tertiary/aromatic N) is 2. The molecule has 0 spiro atoms. The van der Waals surface area contributed by atoms with Gasteiger partial charge in [-0.15, -0.1) is 4.73 Å². The maximum absolute atomic E-state index is 12.6. The average Bonchev–Trinajstić information content (AvgIpc) is 2.50. The first kappa shape index (κ1) is 18.2. The van der Waals surface area contributed by atoms with Gasteiger partial charge in [-0.3, -0.25) is 10.1 Å². The average molecular weight is 345 g/mol. The number of benzene rings is 1. The van der Waals surface area contributed by atoms with Crippen LogP contribution < -0.4 is 15.7 Å². The number of aromatic nitrogens is 2. The number of hydrogen-bond donors (Lipinski definition) is 1. The van der Waals surface area contributed by atoms with Gasteiger partial charge >= 0.3 is 17.6 Å². The van der Waals surface area contributed by atoms with Crippen LogP contribution in [0, 0.1) is 0 Å². The van der Waals surface area contributed by atoms with Crippen LogP contribution in [0.4, 0.5) is 10.6 Å². The summed E-state index contributed by atoms with van der Waals surface area (Å²) in [6.07, 6.45) is 0.491. The lowest BCUT2D eigenvalue weighted by molar-refractivity contribution is -0.141. The first-order valence-corrected chi connectivity index (χ1v) is 7.54. The van der Waals surface area contributed by atoms with Gasteiger partial charge in [-0.05, 0) is 20.8 Å². The molecule has 1 aromatic heterocycles. The van der Waals surface area contributed by atoms with E-state index in [-0.39, 0.29) is 11.5 Å². The van der Waals surface area contributed by atoms with E-state index in [2.05, 4.69) is 10.3 Å². The van der Waals surface area contributed by atoms with E-state index >= 15 is 0 Å². The Labute approximate surface area is 144 Å². The normalized spacial score (nSPS) is 10.9. The van der Waals surface area contributed by atoms with Gasteiger partial charge in [-0.25, -0.2) is 14.6 Å². The molecule has 0 fully saturated rings. The lowest BCUT2D eigenvalue weighted by Crippen LogP contribution is -2.35. The third-order valence-corrected chi connectivity index (χ3v) is 2.83. The van der Waals surface area contributed by atoms with Crippen LogP contribution >= 0.6 is 0 Å². The van der Waals surface area contributed by atoms with Crippen LogP contribution in [-0.2, 0) is 9.53 Å². The third-order valence-electron chi connectivity index (χ3n) is 2.83. The fourth-order valence-electron chi connectivity index (χ4n) is 1.94. The van der Waals surface area contributed by atoms with Crippen molar-refractivity contribution in [3.8, 4) is 11.3 Å². The summed E-state index contributed by atoms with van der Waals surface area (Å²) in [7, 11) is 0. The SMILES string of the molecule is CC(=O)On1c(-c2ccccc2)cnc(NC(=O)OC(C)(C)C)c1=O. The molecule has 0 aliphatic rings. The Bertz CT molecular complexity index is 838. The Morgan fingerprint density at radius 2 is 1.80 bits per heavy atom. The molecule has 2 aromatic rings. The van der Waals surface area contributed by atoms with Gasteiger partial charge < -0.3 is 9.57 Å². The second-order valence-electron chi connectivity index (χ2n) is 6.17. The van der Waals surface area contributed by atoms with Crippen molar-refractivity contribution < 1.29 is 19.2 Å². The molecule has 1 N–H and O–H groups in total. The highest BCUT2D eigenvalue weighted by Crippen LogP contribution is 2.17. The lowest BCUT2D eigenvalue weighted by Gasteiger charge is -2.19. The van der Waals surface area contributed by atoms with Crippen molar-refractivity contribution in [2.45, 2.75) is 33.3 Å². The standard InChI is InChI=1S/C17H19N3O5/c1-11(21)25-20-13(12-8-6-5-7-9-12)10-18-14(15(20)22)19-16(23)24-17(2,3)4/h5-10H,1-4H3,(H,18,19,23). The molecule has 0 unspecified atom stereocenters.